The zero-order valence-corrected chi connectivity index (χ0v) is 15.0. The fourth-order valence-electron chi connectivity index (χ4n) is 2.33. The number of amides is 1. The Morgan fingerprint density at radius 2 is 1.92 bits per heavy atom. The van der Waals surface area contributed by atoms with Crippen molar-refractivity contribution in [2.24, 2.45) is 0 Å². The summed E-state index contributed by atoms with van der Waals surface area (Å²) >= 11 is 5.97. The van der Waals surface area contributed by atoms with Gasteiger partial charge in [0.1, 0.15) is 10.8 Å². The molecule has 25 heavy (non-hydrogen) atoms. The molecule has 1 amide bonds. The molecule has 130 valence electrons. The predicted molar refractivity (Wildman–Crippen MR) is 96.5 cm³/mol. The van der Waals surface area contributed by atoms with Gasteiger partial charge in [-0.2, -0.15) is 5.10 Å². The Morgan fingerprint density at radius 1 is 1.20 bits per heavy atom. The first-order chi connectivity index (χ1) is 11.8. The molecule has 0 aliphatic heterocycles. The van der Waals surface area contributed by atoms with E-state index in [4.69, 9.17) is 16.3 Å². The van der Waals surface area contributed by atoms with E-state index >= 15 is 0 Å². The third-order valence-corrected chi connectivity index (χ3v) is 3.62. The van der Waals surface area contributed by atoms with Crippen LogP contribution >= 0.6 is 11.6 Å². The first-order valence-electron chi connectivity index (χ1n) is 7.88. The maximum Gasteiger partial charge on any atom is 0.407 e. The summed E-state index contributed by atoms with van der Waals surface area (Å²) in [7, 11) is 0. The molecule has 7 heteroatoms. The number of nitrogens with zero attached hydrogens (tertiary/aromatic N) is 3. The lowest BCUT2D eigenvalue weighted by Crippen LogP contribution is -2.32. The number of imidazole rings is 1. The molecule has 1 N–H and O–H groups in total. The Hall–Kier alpha value is -2.60. The number of rotatable bonds is 3. The molecule has 6 nitrogen and oxygen atoms in total. The molecule has 0 aliphatic carbocycles. The van der Waals surface area contributed by atoms with Gasteiger partial charge in [-0.3, -0.25) is 0 Å². The molecular formula is C18H19ClN4O2. The Labute approximate surface area is 150 Å². The van der Waals surface area contributed by atoms with Crippen molar-refractivity contribution in [2.45, 2.75) is 32.9 Å². The van der Waals surface area contributed by atoms with Crippen LogP contribution in [0.25, 0.3) is 16.9 Å². The second kappa shape index (κ2) is 6.72. The molecule has 3 rings (SSSR count). The highest BCUT2D eigenvalue weighted by Crippen LogP contribution is 2.21. The number of carbonyl (C=O) groups is 1. The van der Waals surface area contributed by atoms with Crippen LogP contribution in [0.15, 0.2) is 42.6 Å². The number of alkyl carbamates (subject to hydrolysis) is 1. The van der Waals surface area contributed by atoms with Crippen LogP contribution in [0.4, 0.5) is 4.79 Å². The Morgan fingerprint density at radius 3 is 2.60 bits per heavy atom. The van der Waals surface area contributed by atoms with Crippen LogP contribution < -0.4 is 5.32 Å². The lowest BCUT2D eigenvalue weighted by molar-refractivity contribution is 0.0523. The minimum Gasteiger partial charge on any atom is -0.444 e. The van der Waals surface area contributed by atoms with Crippen molar-refractivity contribution in [1.29, 1.82) is 0 Å². The average Bonchev–Trinajstić information content (AvgIpc) is 2.95. The summed E-state index contributed by atoms with van der Waals surface area (Å²) < 4.78 is 6.92. The van der Waals surface area contributed by atoms with E-state index in [-0.39, 0.29) is 0 Å². The first-order valence-corrected chi connectivity index (χ1v) is 8.26. The van der Waals surface area contributed by atoms with Crippen molar-refractivity contribution in [2.75, 3.05) is 0 Å². The molecule has 0 radical (unpaired) electrons. The number of carbonyl (C=O) groups excluding carboxylic acids is 1. The number of halogens is 1. The predicted octanol–water partition coefficient (Wildman–Crippen LogP) is 4.07. The van der Waals surface area contributed by atoms with E-state index in [2.05, 4.69) is 15.4 Å². The molecule has 0 atom stereocenters. The van der Waals surface area contributed by atoms with E-state index in [1.54, 1.807) is 16.8 Å². The highest BCUT2D eigenvalue weighted by molar-refractivity contribution is 6.29. The molecule has 0 unspecified atom stereocenters. The van der Waals surface area contributed by atoms with Crippen molar-refractivity contribution in [1.82, 2.24) is 19.9 Å². The fourth-order valence-corrected chi connectivity index (χ4v) is 2.47. The molecule has 0 spiro atoms. The van der Waals surface area contributed by atoms with Gasteiger partial charge in [-0.25, -0.2) is 14.3 Å². The van der Waals surface area contributed by atoms with E-state index < -0.39 is 11.7 Å². The van der Waals surface area contributed by atoms with Crippen molar-refractivity contribution in [3.05, 3.63) is 53.3 Å². The van der Waals surface area contributed by atoms with Crippen LogP contribution in [0.3, 0.4) is 0 Å². The van der Waals surface area contributed by atoms with E-state index in [0.29, 0.717) is 11.7 Å². The number of hydrogen-bond donors (Lipinski definition) is 1. The quantitative estimate of drug-likeness (QED) is 0.766. The van der Waals surface area contributed by atoms with Gasteiger partial charge in [-0.1, -0.05) is 35.9 Å². The zero-order chi connectivity index (χ0) is 18.0. The fraction of sp³-hybridized carbons (Fsp3) is 0.278. The zero-order valence-electron chi connectivity index (χ0n) is 14.3. The lowest BCUT2D eigenvalue weighted by atomic mass is 10.1. The van der Waals surface area contributed by atoms with Gasteiger partial charge in [-0.15, -0.1) is 0 Å². The van der Waals surface area contributed by atoms with Crippen molar-refractivity contribution >= 4 is 23.3 Å². The van der Waals surface area contributed by atoms with Crippen LogP contribution in [0.5, 0.6) is 0 Å². The summed E-state index contributed by atoms with van der Waals surface area (Å²) in [5.41, 5.74) is 3.00. The number of hydrogen-bond acceptors (Lipinski definition) is 4. The molecule has 0 fully saturated rings. The van der Waals surface area contributed by atoms with Gasteiger partial charge >= 0.3 is 6.09 Å². The lowest BCUT2D eigenvalue weighted by Gasteiger charge is -2.19. The molecule has 2 heterocycles. The minimum absolute atomic E-state index is 0.395. The highest BCUT2D eigenvalue weighted by Gasteiger charge is 2.15. The van der Waals surface area contributed by atoms with Crippen LogP contribution in [0, 0.1) is 0 Å². The van der Waals surface area contributed by atoms with Crippen LogP contribution in [0.2, 0.25) is 5.15 Å². The van der Waals surface area contributed by atoms with E-state index in [0.717, 1.165) is 22.5 Å². The third-order valence-electron chi connectivity index (χ3n) is 3.42. The Kier molecular flexibility index (Phi) is 4.63. The van der Waals surface area contributed by atoms with E-state index in [1.807, 2.05) is 51.1 Å². The Bertz CT molecular complexity index is 898. The molecule has 2 aromatic heterocycles. The monoisotopic (exact) mass is 358 g/mol. The Balaban J connectivity index is 1.72. The van der Waals surface area contributed by atoms with Gasteiger partial charge in [0.25, 0.3) is 0 Å². The second-order valence-electron chi connectivity index (χ2n) is 6.62. The van der Waals surface area contributed by atoms with Crippen LogP contribution in [-0.2, 0) is 11.3 Å². The summed E-state index contributed by atoms with van der Waals surface area (Å²) in [6.07, 6.45) is 1.32. The molecule has 1 aromatic carbocycles. The number of aromatic nitrogens is 3. The summed E-state index contributed by atoms with van der Waals surface area (Å²) in [5, 5.41) is 7.42. The van der Waals surface area contributed by atoms with Gasteiger partial charge in [-0.05, 0) is 38.5 Å². The summed E-state index contributed by atoms with van der Waals surface area (Å²) in [4.78, 5) is 16.0. The molecule has 0 aliphatic rings. The number of benzene rings is 1. The van der Waals surface area contributed by atoms with Crippen molar-refractivity contribution in [3.8, 4) is 11.3 Å². The summed E-state index contributed by atoms with van der Waals surface area (Å²) in [6, 6.07) is 11.3. The van der Waals surface area contributed by atoms with Gasteiger partial charge in [0, 0.05) is 12.1 Å². The smallest absolute Gasteiger partial charge is 0.407 e. The third kappa shape index (κ3) is 4.28. The highest BCUT2D eigenvalue weighted by atomic mass is 35.5. The second-order valence-corrected chi connectivity index (χ2v) is 7.01. The summed E-state index contributed by atoms with van der Waals surface area (Å²) in [6.45, 7) is 5.89. The minimum atomic E-state index is -0.509. The summed E-state index contributed by atoms with van der Waals surface area (Å²) in [5.74, 6) is 0. The van der Waals surface area contributed by atoms with Crippen LogP contribution in [-0.4, -0.2) is 26.3 Å². The maximum absolute atomic E-state index is 11.7. The SMILES string of the molecule is CC(C)(C)OC(=O)NCc1ccc(-c2cnc3ccc(Cl)nn23)cc1. The van der Waals surface area contributed by atoms with Crippen LogP contribution in [0.1, 0.15) is 26.3 Å². The van der Waals surface area contributed by atoms with Gasteiger partial charge in [0.2, 0.25) is 0 Å². The van der Waals surface area contributed by atoms with E-state index in [9.17, 15) is 4.79 Å². The normalized spacial score (nSPS) is 11.5. The van der Waals surface area contributed by atoms with E-state index in [1.165, 1.54) is 0 Å². The molecule has 3 aromatic rings. The van der Waals surface area contributed by atoms with Gasteiger partial charge < -0.3 is 10.1 Å². The van der Waals surface area contributed by atoms with Gasteiger partial charge in [0.15, 0.2) is 5.65 Å². The molecule has 0 saturated heterocycles. The molecule has 0 bridgehead atoms. The van der Waals surface area contributed by atoms with Crippen molar-refractivity contribution < 1.29 is 9.53 Å². The first kappa shape index (κ1) is 17.2. The average molecular weight is 359 g/mol. The molecule has 0 saturated carbocycles. The maximum atomic E-state index is 11.7. The largest absolute Gasteiger partial charge is 0.444 e. The number of nitrogens with one attached hydrogen (secondary N) is 1. The standard InChI is InChI=1S/C18H19ClN4O2/c1-18(2,3)25-17(24)21-10-12-4-6-13(7-5-12)14-11-20-16-9-8-15(19)22-23(14)16/h4-9,11H,10H2,1-3H3,(H,21,24). The topological polar surface area (TPSA) is 68.5 Å². The number of ether oxygens (including phenoxy) is 1. The van der Waals surface area contributed by atoms with Gasteiger partial charge in [0.05, 0.1) is 11.9 Å². The number of fused-ring (bicyclic) bond motifs is 1. The van der Waals surface area contributed by atoms with Crippen molar-refractivity contribution in [3.63, 3.8) is 0 Å². The molecular weight excluding hydrogens is 340 g/mol.